The number of amides is 1. The van der Waals surface area contributed by atoms with E-state index in [0.29, 0.717) is 30.1 Å². The van der Waals surface area contributed by atoms with E-state index in [9.17, 15) is 13.2 Å². The topological polar surface area (TPSA) is 84.3 Å². The summed E-state index contributed by atoms with van der Waals surface area (Å²) in [6.07, 6.45) is 4.19. The van der Waals surface area contributed by atoms with Gasteiger partial charge in [-0.1, -0.05) is 11.6 Å². The van der Waals surface area contributed by atoms with Crippen molar-refractivity contribution in [1.29, 1.82) is 0 Å². The first-order valence-electron chi connectivity index (χ1n) is 8.32. The number of hydrogen-bond acceptors (Lipinski definition) is 4. The molecule has 0 bridgehead atoms. The summed E-state index contributed by atoms with van der Waals surface area (Å²) in [5.41, 5.74) is 1.55. The molecule has 0 spiro atoms. The number of nitrogens with zero attached hydrogens (tertiary/aromatic N) is 3. The standard InChI is InChI=1S/C17H21ClN4O3S/c1-12-8-14(18)5-6-15(12)20-17(23)13-4-3-7-22(9-13)26(24,25)16-10-21(2)11-19-16/h5-6,8,10-11,13H,3-4,7,9H2,1-2H3,(H,20,23)/t13-/m1/s1. The molecule has 1 amide bonds. The highest BCUT2D eigenvalue weighted by molar-refractivity contribution is 7.89. The van der Waals surface area contributed by atoms with Crippen LogP contribution in [0.25, 0.3) is 0 Å². The number of hydrogen-bond donors (Lipinski definition) is 1. The predicted molar refractivity (Wildman–Crippen MR) is 99.5 cm³/mol. The van der Waals surface area contributed by atoms with Gasteiger partial charge in [-0.25, -0.2) is 13.4 Å². The van der Waals surface area contributed by atoms with Crippen LogP contribution in [0.4, 0.5) is 5.69 Å². The molecule has 0 radical (unpaired) electrons. The number of rotatable bonds is 4. The summed E-state index contributed by atoms with van der Waals surface area (Å²) in [4.78, 5) is 16.6. The van der Waals surface area contributed by atoms with Crippen LogP contribution in [0, 0.1) is 12.8 Å². The number of benzene rings is 1. The number of anilines is 1. The lowest BCUT2D eigenvalue weighted by Gasteiger charge is -2.30. The first kappa shape index (κ1) is 18.9. The lowest BCUT2D eigenvalue weighted by atomic mass is 9.98. The molecule has 1 aliphatic heterocycles. The van der Waals surface area contributed by atoms with E-state index < -0.39 is 15.9 Å². The van der Waals surface area contributed by atoms with E-state index in [-0.39, 0.29) is 17.5 Å². The molecule has 7 nitrogen and oxygen atoms in total. The van der Waals surface area contributed by atoms with Crippen LogP contribution in [0.2, 0.25) is 5.02 Å². The van der Waals surface area contributed by atoms with Crippen molar-refractivity contribution in [2.45, 2.75) is 24.8 Å². The van der Waals surface area contributed by atoms with Gasteiger partial charge in [0.2, 0.25) is 5.91 Å². The molecule has 1 aromatic heterocycles. The van der Waals surface area contributed by atoms with Crippen LogP contribution < -0.4 is 5.32 Å². The van der Waals surface area contributed by atoms with Gasteiger partial charge < -0.3 is 9.88 Å². The van der Waals surface area contributed by atoms with Gasteiger partial charge in [0.1, 0.15) is 0 Å². The van der Waals surface area contributed by atoms with Gasteiger partial charge >= 0.3 is 0 Å². The molecule has 2 aromatic rings. The first-order valence-corrected chi connectivity index (χ1v) is 10.1. The Morgan fingerprint density at radius 1 is 1.38 bits per heavy atom. The first-order chi connectivity index (χ1) is 12.3. The Labute approximate surface area is 158 Å². The van der Waals surface area contributed by atoms with Crippen molar-refractivity contribution in [3.63, 3.8) is 0 Å². The highest BCUT2D eigenvalue weighted by Crippen LogP contribution is 2.25. The SMILES string of the molecule is Cc1cc(Cl)ccc1NC(=O)[C@@H]1CCCN(S(=O)(=O)c2cn(C)cn2)C1. The zero-order valence-electron chi connectivity index (χ0n) is 14.6. The number of piperidine rings is 1. The molecule has 1 saturated heterocycles. The fourth-order valence-electron chi connectivity index (χ4n) is 3.03. The second-order valence-corrected chi connectivity index (χ2v) is 8.85. The maximum Gasteiger partial charge on any atom is 0.262 e. The van der Waals surface area contributed by atoms with Crippen molar-refractivity contribution >= 4 is 33.2 Å². The number of carbonyl (C=O) groups is 1. The van der Waals surface area contributed by atoms with E-state index in [4.69, 9.17) is 11.6 Å². The van der Waals surface area contributed by atoms with Gasteiger partial charge in [-0.05, 0) is 43.5 Å². The Morgan fingerprint density at radius 2 is 2.15 bits per heavy atom. The van der Waals surface area contributed by atoms with Crippen LogP contribution >= 0.6 is 11.6 Å². The van der Waals surface area contributed by atoms with Gasteiger partial charge in [0, 0.05) is 37.0 Å². The van der Waals surface area contributed by atoms with E-state index in [1.165, 1.54) is 16.8 Å². The Kier molecular flexibility index (Phi) is 5.36. The zero-order chi connectivity index (χ0) is 18.9. The van der Waals surface area contributed by atoms with E-state index >= 15 is 0 Å². The lowest BCUT2D eigenvalue weighted by Crippen LogP contribution is -2.43. The van der Waals surface area contributed by atoms with Gasteiger partial charge in [-0.3, -0.25) is 4.79 Å². The summed E-state index contributed by atoms with van der Waals surface area (Å²) in [5.74, 6) is -0.589. The molecular formula is C17H21ClN4O3S. The molecule has 1 aliphatic rings. The highest BCUT2D eigenvalue weighted by atomic mass is 35.5. The van der Waals surface area contributed by atoms with Crippen molar-refractivity contribution in [3.05, 3.63) is 41.3 Å². The molecule has 9 heteroatoms. The second-order valence-electron chi connectivity index (χ2n) is 6.53. The van der Waals surface area contributed by atoms with Crippen LogP contribution in [-0.2, 0) is 21.9 Å². The molecule has 0 unspecified atom stereocenters. The summed E-state index contributed by atoms with van der Waals surface area (Å²) in [6.45, 7) is 2.40. The molecule has 1 N–H and O–H groups in total. The summed E-state index contributed by atoms with van der Waals surface area (Å²) >= 11 is 5.94. The minimum atomic E-state index is -3.69. The molecule has 0 saturated carbocycles. The van der Waals surface area contributed by atoms with Crippen molar-refractivity contribution in [1.82, 2.24) is 13.9 Å². The lowest BCUT2D eigenvalue weighted by molar-refractivity contribution is -0.120. The Morgan fingerprint density at radius 3 is 2.81 bits per heavy atom. The molecule has 2 heterocycles. The highest BCUT2D eigenvalue weighted by Gasteiger charge is 2.34. The monoisotopic (exact) mass is 396 g/mol. The molecular weight excluding hydrogens is 376 g/mol. The van der Waals surface area contributed by atoms with Gasteiger partial charge in [-0.15, -0.1) is 0 Å². The van der Waals surface area contributed by atoms with Crippen molar-refractivity contribution in [2.75, 3.05) is 18.4 Å². The van der Waals surface area contributed by atoms with Crippen LogP contribution in [0.15, 0.2) is 35.7 Å². The summed E-state index contributed by atoms with van der Waals surface area (Å²) in [5, 5.41) is 3.50. The van der Waals surface area contributed by atoms with Gasteiger partial charge in [-0.2, -0.15) is 4.31 Å². The Hall–Kier alpha value is -1.90. The van der Waals surface area contributed by atoms with E-state index in [0.717, 1.165) is 5.56 Å². The average molecular weight is 397 g/mol. The van der Waals surface area contributed by atoms with E-state index in [2.05, 4.69) is 10.3 Å². The smallest absolute Gasteiger partial charge is 0.262 e. The van der Waals surface area contributed by atoms with Crippen LogP contribution in [0.1, 0.15) is 18.4 Å². The molecule has 1 fully saturated rings. The maximum atomic E-state index is 12.7. The van der Waals surface area contributed by atoms with Crippen molar-refractivity contribution < 1.29 is 13.2 Å². The zero-order valence-corrected chi connectivity index (χ0v) is 16.2. The summed E-state index contributed by atoms with van der Waals surface area (Å²) < 4.78 is 28.4. The van der Waals surface area contributed by atoms with Crippen molar-refractivity contribution in [3.8, 4) is 0 Å². The number of aromatic nitrogens is 2. The number of carbonyl (C=O) groups excluding carboxylic acids is 1. The van der Waals surface area contributed by atoms with E-state index in [1.54, 1.807) is 29.8 Å². The average Bonchev–Trinajstić information content (AvgIpc) is 3.05. The third-order valence-corrected chi connectivity index (χ3v) is 6.47. The van der Waals surface area contributed by atoms with Gasteiger partial charge in [0.25, 0.3) is 10.0 Å². The van der Waals surface area contributed by atoms with Crippen LogP contribution in [0.5, 0.6) is 0 Å². The number of nitrogens with one attached hydrogen (secondary N) is 1. The predicted octanol–water partition coefficient (Wildman–Crippen LogP) is 2.42. The number of imidazole rings is 1. The largest absolute Gasteiger partial charge is 0.339 e. The third-order valence-electron chi connectivity index (χ3n) is 4.49. The second kappa shape index (κ2) is 7.38. The summed E-state index contributed by atoms with van der Waals surface area (Å²) in [7, 11) is -1.98. The fourth-order valence-corrected chi connectivity index (χ4v) is 4.75. The third kappa shape index (κ3) is 3.92. The fraction of sp³-hybridized carbons (Fsp3) is 0.412. The van der Waals surface area contributed by atoms with Crippen LogP contribution in [-0.4, -0.2) is 41.3 Å². The van der Waals surface area contributed by atoms with Gasteiger partial charge in [0.05, 0.1) is 12.2 Å². The van der Waals surface area contributed by atoms with Crippen molar-refractivity contribution in [2.24, 2.45) is 13.0 Å². The van der Waals surface area contributed by atoms with E-state index in [1.807, 2.05) is 6.92 Å². The molecule has 140 valence electrons. The number of sulfonamides is 1. The normalized spacial score (nSPS) is 18.7. The van der Waals surface area contributed by atoms with Crippen LogP contribution in [0.3, 0.4) is 0 Å². The Balaban J connectivity index is 1.72. The Bertz CT molecular complexity index is 926. The molecule has 1 atom stereocenters. The molecule has 1 aromatic carbocycles. The minimum Gasteiger partial charge on any atom is -0.339 e. The number of aryl methyl sites for hydroxylation is 2. The van der Waals surface area contributed by atoms with Gasteiger partial charge in [0.15, 0.2) is 5.03 Å². The maximum absolute atomic E-state index is 12.7. The quantitative estimate of drug-likeness (QED) is 0.860. The molecule has 26 heavy (non-hydrogen) atoms. The summed E-state index contributed by atoms with van der Waals surface area (Å²) in [6, 6.07) is 5.24. The number of halogens is 1. The minimum absolute atomic E-state index is 0.00889. The molecule has 3 rings (SSSR count). The molecule has 0 aliphatic carbocycles.